The lowest BCUT2D eigenvalue weighted by Gasteiger charge is -2.23. The number of amides is 1. The fourth-order valence-electron chi connectivity index (χ4n) is 2.68. The molecule has 0 bridgehead atoms. The van der Waals surface area contributed by atoms with Crippen LogP contribution in [-0.4, -0.2) is 32.0 Å². The molecular weight excluding hydrogens is 504 g/mol. The minimum Gasteiger partial charge on any atom is -0.459 e. The van der Waals surface area contributed by atoms with E-state index in [9.17, 15) is 23.3 Å². The van der Waals surface area contributed by atoms with Crippen LogP contribution in [0.1, 0.15) is 11.5 Å². The smallest absolute Gasteiger partial charge is 0.271 e. The maximum Gasteiger partial charge on any atom is 0.271 e. The predicted molar refractivity (Wildman–Crippen MR) is 121 cm³/mol. The molecule has 0 aliphatic heterocycles. The number of halogens is 1. The Balaban J connectivity index is 1.88. The molecule has 0 aliphatic rings. The number of nitro benzene ring substituents is 1. The van der Waals surface area contributed by atoms with Crippen LogP contribution in [0.15, 0.2) is 79.6 Å². The van der Waals surface area contributed by atoms with Gasteiger partial charge in [0.15, 0.2) is 0 Å². The molecule has 1 N–H and O–H groups in total. The fourth-order valence-corrected chi connectivity index (χ4v) is 4.42. The van der Waals surface area contributed by atoms with E-state index in [4.69, 9.17) is 4.42 Å². The summed E-state index contributed by atoms with van der Waals surface area (Å²) in [6.45, 7) is 1.09. The van der Waals surface area contributed by atoms with Crippen molar-refractivity contribution in [2.45, 2.75) is 11.8 Å². The first-order valence-electron chi connectivity index (χ1n) is 9.08. The molecule has 1 heterocycles. The number of sulfonamides is 1. The Hall–Kier alpha value is -3.51. The second-order valence-corrected chi connectivity index (χ2v) is 9.16. The van der Waals surface area contributed by atoms with Gasteiger partial charge in [0.2, 0.25) is 0 Å². The van der Waals surface area contributed by atoms with Gasteiger partial charge in [-0.05, 0) is 41.1 Å². The molecule has 0 aliphatic carbocycles. The monoisotopic (exact) mass is 520 g/mol. The van der Waals surface area contributed by atoms with E-state index in [1.54, 1.807) is 19.1 Å². The number of hydrogen-bond acceptors (Lipinski definition) is 7. The number of rotatable bonds is 8. The third-order valence-corrected chi connectivity index (χ3v) is 6.78. The molecule has 166 valence electrons. The zero-order valence-electron chi connectivity index (χ0n) is 16.6. The van der Waals surface area contributed by atoms with Crippen molar-refractivity contribution >= 4 is 49.4 Å². The van der Waals surface area contributed by atoms with Gasteiger partial charge < -0.3 is 4.42 Å². The Morgan fingerprint density at radius 1 is 1.22 bits per heavy atom. The van der Waals surface area contributed by atoms with Gasteiger partial charge in [0.1, 0.15) is 18.1 Å². The van der Waals surface area contributed by atoms with Crippen molar-refractivity contribution in [2.75, 3.05) is 10.8 Å². The van der Waals surface area contributed by atoms with E-state index in [0.717, 1.165) is 14.8 Å². The van der Waals surface area contributed by atoms with E-state index in [-0.39, 0.29) is 16.3 Å². The summed E-state index contributed by atoms with van der Waals surface area (Å²) in [6, 6.07) is 14.1. The summed E-state index contributed by atoms with van der Waals surface area (Å²) in [5, 5.41) is 14.9. The van der Waals surface area contributed by atoms with Gasteiger partial charge in [0, 0.05) is 18.2 Å². The Kier molecular flexibility index (Phi) is 7.05. The van der Waals surface area contributed by atoms with Gasteiger partial charge >= 0.3 is 0 Å². The highest BCUT2D eigenvalue weighted by Crippen LogP contribution is 2.26. The third-order valence-electron chi connectivity index (χ3n) is 4.20. The number of hydrogen-bond donors (Lipinski definition) is 1. The summed E-state index contributed by atoms with van der Waals surface area (Å²) in [6.07, 6.45) is 1.26. The first kappa shape index (κ1) is 23.2. The van der Waals surface area contributed by atoms with Crippen LogP contribution < -0.4 is 9.73 Å². The predicted octanol–water partition coefficient (Wildman–Crippen LogP) is 3.60. The molecule has 10 nitrogen and oxygen atoms in total. The second-order valence-electron chi connectivity index (χ2n) is 6.45. The molecule has 3 aromatic rings. The van der Waals surface area contributed by atoms with Crippen molar-refractivity contribution < 1.29 is 22.6 Å². The number of nitrogens with one attached hydrogen (secondary N) is 1. The van der Waals surface area contributed by atoms with Gasteiger partial charge in [0.05, 0.1) is 26.2 Å². The number of nitro groups is 1. The summed E-state index contributed by atoms with van der Waals surface area (Å²) in [5.41, 5.74) is 1.89. The summed E-state index contributed by atoms with van der Waals surface area (Å²) < 4.78 is 33.3. The first-order chi connectivity index (χ1) is 15.2. The summed E-state index contributed by atoms with van der Waals surface area (Å²) in [5.74, 6) is 0.250. The summed E-state index contributed by atoms with van der Waals surface area (Å²) in [4.78, 5) is 22.9. The topological polar surface area (TPSA) is 135 Å². The van der Waals surface area contributed by atoms with Crippen molar-refractivity contribution in [1.29, 1.82) is 0 Å². The highest BCUT2D eigenvalue weighted by molar-refractivity contribution is 9.10. The first-order valence-corrected chi connectivity index (χ1v) is 11.3. The van der Waals surface area contributed by atoms with Crippen LogP contribution in [0.2, 0.25) is 0 Å². The molecule has 12 heteroatoms. The van der Waals surface area contributed by atoms with Crippen molar-refractivity contribution in [2.24, 2.45) is 5.10 Å². The Bertz CT molecular complexity index is 1250. The Labute approximate surface area is 191 Å². The SMILES string of the molecule is Cc1oc(/C=N\NC(=O)CN(c2cccc([N+](=O)[O-])c2)S(=O)(=O)c2ccccc2)cc1Br. The lowest BCUT2D eigenvalue weighted by atomic mass is 10.3. The highest BCUT2D eigenvalue weighted by atomic mass is 79.9. The zero-order chi connectivity index (χ0) is 23.3. The van der Waals surface area contributed by atoms with Gasteiger partial charge in [-0.15, -0.1) is 0 Å². The average Bonchev–Trinajstić information content (AvgIpc) is 3.09. The number of hydrazone groups is 1. The zero-order valence-corrected chi connectivity index (χ0v) is 19.0. The number of carbonyl (C=O) groups excluding carboxylic acids is 1. The molecule has 1 aromatic heterocycles. The molecule has 2 aromatic carbocycles. The van der Waals surface area contributed by atoms with Gasteiger partial charge in [-0.2, -0.15) is 5.10 Å². The van der Waals surface area contributed by atoms with Crippen LogP contribution in [0.25, 0.3) is 0 Å². The lowest BCUT2D eigenvalue weighted by Crippen LogP contribution is -2.39. The normalized spacial score (nSPS) is 11.4. The molecule has 0 radical (unpaired) electrons. The number of anilines is 1. The van der Waals surface area contributed by atoms with Crippen molar-refractivity contribution in [1.82, 2.24) is 5.43 Å². The van der Waals surface area contributed by atoms with Crippen molar-refractivity contribution in [3.8, 4) is 0 Å². The standard InChI is InChI=1S/C20H17BrN4O6S/c1-14-19(21)11-17(31-14)12-22-23-20(26)13-24(15-6-5-7-16(10-15)25(27)28)32(29,30)18-8-3-2-4-9-18/h2-12H,13H2,1H3,(H,23,26)/b22-12-. The lowest BCUT2D eigenvalue weighted by molar-refractivity contribution is -0.384. The molecule has 0 spiro atoms. The Morgan fingerprint density at radius 2 is 1.94 bits per heavy atom. The molecule has 0 saturated carbocycles. The molecule has 0 fully saturated rings. The molecule has 1 amide bonds. The van der Waals surface area contributed by atoms with E-state index in [1.165, 1.54) is 48.7 Å². The average molecular weight is 521 g/mol. The second kappa shape index (κ2) is 9.75. The van der Waals surface area contributed by atoms with Gasteiger partial charge in [-0.3, -0.25) is 19.2 Å². The van der Waals surface area contributed by atoms with E-state index >= 15 is 0 Å². The largest absolute Gasteiger partial charge is 0.459 e. The van der Waals surface area contributed by atoms with Crippen LogP contribution in [-0.2, 0) is 14.8 Å². The maximum atomic E-state index is 13.2. The van der Waals surface area contributed by atoms with Crippen molar-refractivity contribution in [3.05, 3.63) is 86.8 Å². The number of carbonyl (C=O) groups is 1. The number of aryl methyl sites for hydroxylation is 1. The van der Waals surface area contributed by atoms with Crippen LogP contribution in [0.3, 0.4) is 0 Å². The summed E-state index contributed by atoms with van der Waals surface area (Å²) in [7, 11) is -4.20. The van der Waals surface area contributed by atoms with Crippen LogP contribution >= 0.6 is 15.9 Å². The van der Waals surface area contributed by atoms with Gasteiger partial charge in [0.25, 0.3) is 21.6 Å². The maximum absolute atomic E-state index is 13.2. The number of nitrogens with zero attached hydrogens (tertiary/aromatic N) is 3. The van der Waals surface area contributed by atoms with Gasteiger partial charge in [-0.1, -0.05) is 24.3 Å². The fraction of sp³-hybridized carbons (Fsp3) is 0.100. The highest BCUT2D eigenvalue weighted by Gasteiger charge is 2.28. The Morgan fingerprint density at radius 3 is 2.56 bits per heavy atom. The molecule has 3 rings (SSSR count). The van der Waals surface area contributed by atoms with E-state index in [2.05, 4.69) is 26.5 Å². The minimum atomic E-state index is -4.20. The summed E-state index contributed by atoms with van der Waals surface area (Å²) >= 11 is 3.29. The van der Waals surface area contributed by atoms with Crippen LogP contribution in [0.5, 0.6) is 0 Å². The molecule has 32 heavy (non-hydrogen) atoms. The minimum absolute atomic E-state index is 0.0345. The number of benzene rings is 2. The molecular formula is C20H17BrN4O6S. The number of furan rings is 1. The van der Waals surface area contributed by atoms with Crippen molar-refractivity contribution in [3.63, 3.8) is 0 Å². The van der Waals surface area contributed by atoms with Crippen LogP contribution in [0, 0.1) is 17.0 Å². The quantitative estimate of drug-likeness (QED) is 0.273. The molecule has 0 unspecified atom stereocenters. The van der Waals surface area contributed by atoms with Crippen LogP contribution in [0.4, 0.5) is 11.4 Å². The van der Waals surface area contributed by atoms with E-state index < -0.39 is 27.4 Å². The molecule has 0 atom stereocenters. The van der Waals surface area contributed by atoms with E-state index in [0.29, 0.717) is 11.5 Å². The third kappa shape index (κ3) is 5.39. The molecule has 0 saturated heterocycles. The van der Waals surface area contributed by atoms with E-state index in [1.807, 2.05) is 0 Å². The van der Waals surface area contributed by atoms with Gasteiger partial charge in [-0.25, -0.2) is 13.8 Å². The number of non-ortho nitro benzene ring substituents is 1.